The maximum atomic E-state index is 12.0. The standard InChI is InChI=1S/C11H22O2S/c1-4-5-7-11(10(2)3)8-6-9-14(11,12)13/h10H,4-9H2,1-3H3. The van der Waals surface area contributed by atoms with Gasteiger partial charge >= 0.3 is 0 Å². The molecular weight excluding hydrogens is 196 g/mol. The first-order valence-electron chi connectivity index (χ1n) is 5.68. The largest absolute Gasteiger partial charge is 0.228 e. The average Bonchev–Trinajstić information content (AvgIpc) is 2.38. The van der Waals surface area contributed by atoms with Gasteiger partial charge in [-0.25, -0.2) is 8.42 Å². The molecule has 1 aliphatic heterocycles. The molecule has 2 nitrogen and oxygen atoms in total. The predicted octanol–water partition coefficient (Wildman–Crippen LogP) is 2.78. The summed E-state index contributed by atoms with van der Waals surface area (Å²) in [6, 6.07) is 0. The molecule has 0 bridgehead atoms. The van der Waals surface area contributed by atoms with Crippen LogP contribution >= 0.6 is 0 Å². The molecule has 0 radical (unpaired) electrons. The zero-order valence-corrected chi connectivity index (χ0v) is 10.4. The summed E-state index contributed by atoms with van der Waals surface area (Å²) in [6.45, 7) is 6.23. The lowest BCUT2D eigenvalue weighted by Gasteiger charge is -2.32. The van der Waals surface area contributed by atoms with Crippen molar-refractivity contribution in [1.82, 2.24) is 0 Å². The van der Waals surface area contributed by atoms with Crippen molar-refractivity contribution in [2.45, 2.75) is 57.6 Å². The molecule has 1 unspecified atom stereocenters. The van der Waals surface area contributed by atoms with Crippen LogP contribution in [0.5, 0.6) is 0 Å². The molecule has 1 rings (SSSR count). The number of unbranched alkanes of at least 4 members (excludes halogenated alkanes) is 1. The first-order valence-corrected chi connectivity index (χ1v) is 7.34. The van der Waals surface area contributed by atoms with E-state index < -0.39 is 9.84 Å². The minimum atomic E-state index is -2.82. The van der Waals surface area contributed by atoms with Crippen LogP contribution in [-0.2, 0) is 9.84 Å². The van der Waals surface area contributed by atoms with Gasteiger partial charge in [0.05, 0.1) is 10.5 Å². The first-order chi connectivity index (χ1) is 6.46. The Kier molecular flexibility index (Phi) is 3.62. The molecular formula is C11H22O2S. The summed E-state index contributed by atoms with van der Waals surface area (Å²) >= 11 is 0. The molecule has 0 spiro atoms. The SMILES string of the molecule is CCCCC1(C(C)C)CCCS1(=O)=O. The molecule has 1 saturated heterocycles. The highest BCUT2D eigenvalue weighted by molar-refractivity contribution is 7.93. The fraction of sp³-hybridized carbons (Fsp3) is 1.00. The summed E-state index contributed by atoms with van der Waals surface area (Å²) in [5.74, 6) is 0.677. The van der Waals surface area contributed by atoms with Crippen LogP contribution in [0.15, 0.2) is 0 Å². The Morgan fingerprint density at radius 1 is 1.36 bits per heavy atom. The maximum absolute atomic E-state index is 12.0. The highest BCUT2D eigenvalue weighted by Crippen LogP contribution is 2.42. The van der Waals surface area contributed by atoms with Gasteiger partial charge in [0.1, 0.15) is 0 Å². The van der Waals surface area contributed by atoms with E-state index in [1.807, 2.05) is 0 Å². The normalized spacial score (nSPS) is 31.1. The van der Waals surface area contributed by atoms with Gasteiger partial charge in [-0.3, -0.25) is 0 Å². The quantitative estimate of drug-likeness (QED) is 0.727. The van der Waals surface area contributed by atoms with E-state index >= 15 is 0 Å². The van der Waals surface area contributed by atoms with E-state index in [2.05, 4.69) is 20.8 Å². The van der Waals surface area contributed by atoms with Crippen LogP contribution in [0.4, 0.5) is 0 Å². The average molecular weight is 218 g/mol. The summed E-state index contributed by atoms with van der Waals surface area (Å²) in [4.78, 5) is 0. The fourth-order valence-corrected chi connectivity index (χ4v) is 5.17. The van der Waals surface area contributed by atoms with Crippen LogP contribution in [0, 0.1) is 5.92 Å². The molecule has 1 fully saturated rings. The third-order valence-corrected chi connectivity index (χ3v) is 6.58. The predicted molar refractivity (Wildman–Crippen MR) is 60.1 cm³/mol. The number of hydrogen-bond donors (Lipinski definition) is 0. The third-order valence-electron chi connectivity index (χ3n) is 3.64. The first kappa shape index (κ1) is 12.0. The van der Waals surface area contributed by atoms with Gasteiger partial charge in [-0.1, -0.05) is 33.6 Å². The molecule has 0 aromatic rings. The van der Waals surface area contributed by atoms with Crippen molar-refractivity contribution in [1.29, 1.82) is 0 Å². The minimum Gasteiger partial charge on any atom is -0.228 e. The van der Waals surface area contributed by atoms with E-state index in [0.717, 1.165) is 32.1 Å². The summed E-state index contributed by atoms with van der Waals surface area (Å²) < 4.78 is 23.7. The van der Waals surface area contributed by atoms with Gasteiger partial charge < -0.3 is 0 Å². The molecule has 0 saturated carbocycles. The van der Waals surface area contributed by atoms with Crippen molar-refractivity contribution in [3.8, 4) is 0 Å². The van der Waals surface area contributed by atoms with E-state index in [4.69, 9.17) is 0 Å². The Labute approximate surface area is 88.0 Å². The molecule has 1 atom stereocenters. The van der Waals surface area contributed by atoms with Crippen molar-refractivity contribution >= 4 is 9.84 Å². The summed E-state index contributed by atoms with van der Waals surface area (Å²) in [7, 11) is -2.82. The second-order valence-corrected chi connectivity index (χ2v) is 7.20. The lowest BCUT2D eigenvalue weighted by atomic mass is 9.86. The lowest BCUT2D eigenvalue weighted by molar-refractivity contribution is 0.364. The molecule has 0 aliphatic carbocycles. The van der Waals surface area contributed by atoms with Gasteiger partial charge in [0.15, 0.2) is 9.84 Å². The van der Waals surface area contributed by atoms with E-state index in [0.29, 0.717) is 5.75 Å². The van der Waals surface area contributed by atoms with E-state index in [9.17, 15) is 8.42 Å². The van der Waals surface area contributed by atoms with Crippen molar-refractivity contribution in [2.24, 2.45) is 5.92 Å². The molecule has 1 heterocycles. The molecule has 1 aliphatic rings. The summed E-state index contributed by atoms with van der Waals surface area (Å²) in [5, 5.41) is 0. The number of rotatable bonds is 4. The summed E-state index contributed by atoms with van der Waals surface area (Å²) in [6.07, 6.45) is 4.74. The van der Waals surface area contributed by atoms with Gasteiger partial charge in [0, 0.05) is 0 Å². The molecule has 3 heteroatoms. The Hall–Kier alpha value is -0.0500. The van der Waals surface area contributed by atoms with Crippen molar-refractivity contribution < 1.29 is 8.42 Å². The minimum absolute atomic E-state index is 0.265. The molecule has 0 aromatic carbocycles. The van der Waals surface area contributed by atoms with Gasteiger partial charge in [-0.15, -0.1) is 0 Å². The van der Waals surface area contributed by atoms with Gasteiger partial charge in [-0.2, -0.15) is 0 Å². The third kappa shape index (κ3) is 1.83. The monoisotopic (exact) mass is 218 g/mol. The molecule has 0 N–H and O–H groups in total. The Bertz CT molecular complexity index is 280. The molecule has 14 heavy (non-hydrogen) atoms. The van der Waals surface area contributed by atoms with Crippen molar-refractivity contribution in [3.63, 3.8) is 0 Å². The van der Waals surface area contributed by atoms with Crippen LogP contribution in [0.2, 0.25) is 0 Å². The summed E-state index contributed by atoms with van der Waals surface area (Å²) in [5.41, 5.74) is 0. The molecule has 0 aromatic heterocycles. The van der Waals surface area contributed by atoms with E-state index in [1.165, 1.54) is 0 Å². The smallest absolute Gasteiger partial charge is 0.156 e. The van der Waals surface area contributed by atoms with E-state index in [1.54, 1.807) is 0 Å². The molecule has 84 valence electrons. The van der Waals surface area contributed by atoms with Crippen LogP contribution in [0.25, 0.3) is 0 Å². The van der Waals surface area contributed by atoms with Crippen LogP contribution in [-0.4, -0.2) is 18.9 Å². The Morgan fingerprint density at radius 3 is 2.36 bits per heavy atom. The van der Waals surface area contributed by atoms with Crippen LogP contribution < -0.4 is 0 Å². The highest BCUT2D eigenvalue weighted by Gasteiger charge is 2.48. The van der Waals surface area contributed by atoms with Gasteiger partial charge in [0.2, 0.25) is 0 Å². The van der Waals surface area contributed by atoms with E-state index in [-0.39, 0.29) is 10.7 Å². The number of sulfone groups is 1. The Morgan fingerprint density at radius 2 is 2.00 bits per heavy atom. The maximum Gasteiger partial charge on any atom is 0.156 e. The van der Waals surface area contributed by atoms with Crippen molar-refractivity contribution in [2.75, 3.05) is 5.75 Å². The van der Waals surface area contributed by atoms with Gasteiger partial charge in [0.25, 0.3) is 0 Å². The van der Waals surface area contributed by atoms with Crippen molar-refractivity contribution in [3.05, 3.63) is 0 Å². The second kappa shape index (κ2) is 4.21. The second-order valence-electron chi connectivity index (χ2n) is 4.75. The number of hydrogen-bond acceptors (Lipinski definition) is 2. The lowest BCUT2D eigenvalue weighted by Crippen LogP contribution is -2.40. The van der Waals surface area contributed by atoms with Crippen LogP contribution in [0.1, 0.15) is 52.9 Å². The highest BCUT2D eigenvalue weighted by atomic mass is 32.2. The van der Waals surface area contributed by atoms with Crippen LogP contribution in [0.3, 0.4) is 0 Å². The zero-order valence-electron chi connectivity index (χ0n) is 9.54. The Balaban J connectivity index is 2.92. The van der Waals surface area contributed by atoms with Gasteiger partial charge in [-0.05, 0) is 25.2 Å². The zero-order chi connectivity index (χ0) is 10.8. The topological polar surface area (TPSA) is 34.1 Å². The molecule has 0 amide bonds. The fourth-order valence-electron chi connectivity index (χ4n) is 2.61.